The average molecular weight is 363 g/mol. The van der Waals surface area contributed by atoms with E-state index < -0.39 is 24.7 Å². The van der Waals surface area contributed by atoms with Crippen molar-refractivity contribution in [1.82, 2.24) is 19.8 Å². The lowest BCUT2D eigenvalue weighted by Crippen LogP contribution is -2.46. The summed E-state index contributed by atoms with van der Waals surface area (Å²) >= 11 is 1.03. The third-order valence-corrected chi connectivity index (χ3v) is 5.35. The van der Waals surface area contributed by atoms with Gasteiger partial charge in [-0.15, -0.1) is 10.2 Å². The van der Waals surface area contributed by atoms with E-state index in [9.17, 15) is 18.0 Å². The first kappa shape index (κ1) is 17.4. The van der Waals surface area contributed by atoms with Gasteiger partial charge in [-0.2, -0.15) is 13.2 Å². The van der Waals surface area contributed by atoms with Crippen LogP contribution >= 0.6 is 11.8 Å². The van der Waals surface area contributed by atoms with E-state index in [4.69, 9.17) is 5.84 Å². The minimum atomic E-state index is -4.41. The molecule has 1 heterocycles. The van der Waals surface area contributed by atoms with Crippen LogP contribution in [0.1, 0.15) is 44.3 Å². The highest BCUT2D eigenvalue weighted by atomic mass is 32.2. The Labute approximate surface area is 141 Å². The lowest BCUT2D eigenvalue weighted by molar-refractivity contribution is -0.164. The number of rotatable bonds is 7. The monoisotopic (exact) mass is 363 g/mol. The molecule has 134 valence electrons. The van der Waals surface area contributed by atoms with E-state index in [1.807, 2.05) is 0 Å². The van der Waals surface area contributed by atoms with Gasteiger partial charge in [-0.1, -0.05) is 11.8 Å². The molecule has 10 heteroatoms. The molecule has 2 fully saturated rings. The highest BCUT2D eigenvalue weighted by Crippen LogP contribution is 2.39. The SMILES string of the molecule is C[C@H](C1CC1)N(CC(F)(F)F)C(=O)CSc1nnc(C2CC2)n1N. The number of halogens is 3. The van der Waals surface area contributed by atoms with Gasteiger partial charge in [0.25, 0.3) is 0 Å². The number of nitrogens with zero attached hydrogens (tertiary/aromatic N) is 4. The van der Waals surface area contributed by atoms with Gasteiger partial charge >= 0.3 is 6.18 Å². The summed E-state index contributed by atoms with van der Waals surface area (Å²) in [5.41, 5.74) is 0. The van der Waals surface area contributed by atoms with Gasteiger partial charge in [-0.3, -0.25) is 4.79 Å². The highest BCUT2D eigenvalue weighted by molar-refractivity contribution is 7.99. The topological polar surface area (TPSA) is 77.0 Å². The summed E-state index contributed by atoms with van der Waals surface area (Å²) in [5.74, 6) is 6.36. The second-order valence-electron chi connectivity index (χ2n) is 6.49. The number of alkyl halides is 3. The van der Waals surface area contributed by atoms with Crippen molar-refractivity contribution in [2.24, 2.45) is 5.92 Å². The molecule has 2 N–H and O–H groups in total. The first-order valence-corrected chi connectivity index (χ1v) is 8.94. The fourth-order valence-corrected chi connectivity index (χ4v) is 3.45. The summed E-state index contributed by atoms with van der Waals surface area (Å²) in [7, 11) is 0. The summed E-state index contributed by atoms with van der Waals surface area (Å²) in [5, 5.41) is 8.29. The fourth-order valence-electron chi connectivity index (χ4n) is 2.70. The van der Waals surface area contributed by atoms with Gasteiger partial charge in [0, 0.05) is 12.0 Å². The molecule has 1 aromatic heterocycles. The standard InChI is InChI=1S/C14H20F3N5OS/c1-8(9-2-3-9)21(7-14(15,16)17)11(23)6-24-13-20-19-12(22(13)18)10-4-5-10/h8-10H,2-7,18H2,1H3/t8-/m1/s1. The maximum Gasteiger partial charge on any atom is 0.406 e. The van der Waals surface area contributed by atoms with Crippen molar-refractivity contribution in [3.8, 4) is 0 Å². The summed E-state index contributed by atoms with van der Waals surface area (Å²) in [6.07, 6.45) is -0.638. The molecule has 0 bridgehead atoms. The van der Waals surface area contributed by atoms with Crippen LogP contribution in [0.15, 0.2) is 5.16 Å². The predicted octanol–water partition coefficient (Wildman–Crippen LogP) is 2.15. The number of amides is 1. The second kappa shape index (κ2) is 6.45. The van der Waals surface area contributed by atoms with Crippen LogP contribution in [0.4, 0.5) is 13.2 Å². The number of nitrogens with two attached hydrogens (primary N) is 1. The Bertz CT molecular complexity index is 612. The van der Waals surface area contributed by atoms with Gasteiger partial charge in [-0.05, 0) is 38.5 Å². The molecule has 0 unspecified atom stereocenters. The molecule has 1 atom stereocenters. The van der Waals surface area contributed by atoms with E-state index in [1.54, 1.807) is 6.92 Å². The Hall–Kier alpha value is -1.45. The summed E-state index contributed by atoms with van der Waals surface area (Å²) in [6.45, 7) is 0.468. The normalized spacial score (nSPS) is 19.3. The number of carbonyl (C=O) groups is 1. The van der Waals surface area contributed by atoms with Crippen LogP contribution in [-0.4, -0.2) is 50.2 Å². The molecular formula is C14H20F3N5OS. The van der Waals surface area contributed by atoms with Crippen LogP contribution in [0, 0.1) is 5.92 Å². The molecule has 3 rings (SSSR count). The number of hydrogen-bond donors (Lipinski definition) is 1. The van der Waals surface area contributed by atoms with Gasteiger partial charge in [-0.25, -0.2) is 4.68 Å². The maximum absolute atomic E-state index is 12.8. The molecule has 0 aliphatic heterocycles. The van der Waals surface area contributed by atoms with Crippen molar-refractivity contribution in [1.29, 1.82) is 0 Å². The Kier molecular flexibility index (Phi) is 4.67. The van der Waals surface area contributed by atoms with Crippen molar-refractivity contribution in [2.75, 3.05) is 18.1 Å². The molecule has 24 heavy (non-hydrogen) atoms. The van der Waals surface area contributed by atoms with Gasteiger partial charge in [0.2, 0.25) is 11.1 Å². The Balaban J connectivity index is 1.62. The summed E-state index contributed by atoms with van der Waals surface area (Å²) < 4.78 is 39.7. The molecule has 0 spiro atoms. The molecule has 0 saturated heterocycles. The molecule has 2 aliphatic rings. The molecule has 0 radical (unpaired) electrons. The number of hydrogen-bond acceptors (Lipinski definition) is 5. The molecule has 0 aromatic carbocycles. The van der Waals surface area contributed by atoms with E-state index in [-0.39, 0.29) is 11.7 Å². The van der Waals surface area contributed by atoms with Crippen LogP contribution in [-0.2, 0) is 4.79 Å². The second-order valence-corrected chi connectivity index (χ2v) is 7.43. The third-order valence-electron chi connectivity index (χ3n) is 4.42. The Morgan fingerprint density at radius 3 is 2.58 bits per heavy atom. The van der Waals surface area contributed by atoms with Crippen LogP contribution in [0.2, 0.25) is 0 Å². The summed E-state index contributed by atoms with van der Waals surface area (Å²) in [4.78, 5) is 13.3. The van der Waals surface area contributed by atoms with Gasteiger partial charge in [0.1, 0.15) is 6.54 Å². The van der Waals surface area contributed by atoms with Crippen molar-refractivity contribution in [2.45, 2.75) is 55.9 Å². The average Bonchev–Trinajstić information content (AvgIpc) is 3.39. The van der Waals surface area contributed by atoms with Gasteiger partial charge in [0.05, 0.1) is 5.75 Å². The zero-order valence-corrected chi connectivity index (χ0v) is 14.1. The van der Waals surface area contributed by atoms with Crippen molar-refractivity contribution in [3.63, 3.8) is 0 Å². The lowest BCUT2D eigenvalue weighted by Gasteiger charge is -2.30. The van der Waals surface area contributed by atoms with Crippen molar-refractivity contribution in [3.05, 3.63) is 5.82 Å². The van der Waals surface area contributed by atoms with Crippen LogP contribution in [0.5, 0.6) is 0 Å². The minimum absolute atomic E-state index is 0.132. The quantitative estimate of drug-likeness (QED) is 0.593. The van der Waals surface area contributed by atoms with E-state index in [2.05, 4.69) is 10.2 Å². The molecule has 2 aliphatic carbocycles. The Morgan fingerprint density at radius 1 is 1.38 bits per heavy atom. The largest absolute Gasteiger partial charge is 0.406 e. The molecule has 1 aromatic rings. The van der Waals surface area contributed by atoms with E-state index in [1.165, 1.54) is 4.68 Å². The number of nitrogen functional groups attached to an aromatic ring is 1. The van der Waals surface area contributed by atoms with E-state index >= 15 is 0 Å². The van der Waals surface area contributed by atoms with Crippen molar-refractivity contribution < 1.29 is 18.0 Å². The molecule has 2 saturated carbocycles. The maximum atomic E-state index is 12.8. The number of carbonyl (C=O) groups excluding carboxylic acids is 1. The van der Waals surface area contributed by atoms with E-state index in [0.717, 1.165) is 42.3 Å². The van der Waals surface area contributed by atoms with Crippen LogP contribution in [0.25, 0.3) is 0 Å². The smallest absolute Gasteiger partial charge is 0.336 e. The fraction of sp³-hybridized carbons (Fsp3) is 0.786. The van der Waals surface area contributed by atoms with Crippen LogP contribution in [0.3, 0.4) is 0 Å². The Morgan fingerprint density at radius 2 is 2.04 bits per heavy atom. The highest BCUT2D eigenvalue weighted by Gasteiger charge is 2.40. The molecule has 6 nitrogen and oxygen atoms in total. The van der Waals surface area contributed by atoms with Crippen LogP contribution < -0.4 is 5.84 Å². The van der Waals surface area contributed by atoms with E-state index in [0.29, 0.717) is 16.9 Å². The predicted molar refractivity (Wildman–Crippen MR) is 82.8 cm³/mol. The lowest BCUT2D eigenvalue weighted by atomic mass is 10.2. The van der Waals surface area contributed by atoms with Gasteiger partial charge in [0.15, 0.2) is 5.82 Å². The minimum Gasteiger partial charge on any atom is -0.336 e. The van der Waals surface area contributed by atoms with Crippen molar-refractivity contribution >= 4 is 17.7 Å². The number of thioether (sulfide) groups is 1. The molecule has 1 amide bonds. The molecular weight excluding hydrogens is 343 g/mol. The number of aromatic nitrogens is 3. The first-order chi connectivity index (χ1) is 11.3. The van der Waals surface area contributed by atoms with Gasteiger partial charge < -0.3 is 10.7 Å². The summed E-state index contributed by atoms with van der Waals surface area (Å²) in [6, 6.07) is -0.405. The first-order valence-electron chi connectivity index (χ1n) is 7.95. The zero-order valence-electron chi connectivity index (χ0n) is 13.3. The third kappa shape index (κ3) is 4.14. The zero-order chi connectivity index (χ0) is 17.5.